The molecule has 1 aliphatic heterocycles. The van der Waals surface area contributed by atoms with Crippen LogP contribution < -0.4 is 10.2 Å². The zero-order chi connectivity index (χ0) is 30.2. The molecule has 43 heavy (non-hydrogen) atoms. The lowest BCUT2D eigenvalue weighted by Gasteiger charge is -2.33. The first-order valence-electron chi connectivity index (χ1n) is 14.5. The molecule has 1 saturated heterocycles. The average Bonchev–Trinajstić information content (AvgIpc) is 3.05. The summed E-state index contributed by atoms with van der Waals surface area (Å²) in [4.78, 5) is 36.1. The first kappa shape index (κ1) is 29.7. The Bertz CT molecular complexity index is 1530. The summed E-state index contributed by atoms with van der Waals surface area (Å²) >= 11 is 0. The van der Waals surface area contributed by atoms with Crippen molar-refractivity contribution >= 4 is 17.6 Å². The van der Waals surface area contributed by atoms with Gasteiger partial charge in [-0.2, -0.15) is 0 Å². The predicted molar refractivity (Wildman–Crippen MR) is 163 cm³/mol. The van der Waals surface area contributed by atoms with Crippen LogP contribution in [0.5, 0.6) is 5.75 Å². The zero-order valence-electron chi connectivity index (χ0n) is 24.2. The molecular weight excluding hydrogens is 544 g/mol. The van der Waals surface area contributed by atoms with Crippen LogP contribution in [0.4, 0.5) is 5.69 Å². The van der Waals surface area contributed by atoms with Gasteiger partial charge < -0.3 is 25.2 Å². The predicted octanol–water partition coefficient (Wildman–Crippen LogP) is 4.58. The quantitative estimate of drug-likeness (QED) is 0.233. The third kappa shape index (κ3) is 7.75. The summed E-state index contributed by atoms with van der Waals surface area (Å²) in [6.45, 7) is 3.24. The molecule has 9 nitrogen and oxygen atoms in total. The molecule has 0 radical (unpaired) electrons. The molecule has 5 rings (SSSR count). The van der Waals surface area contributed by atoms with E-state index >= 15 is 0 Å². The van der Waals surface area contributed by atoms with E-state index in [1.807, 2.05) is 54.6 Å². The van der Waals surface area contributed by atoms with Gasteiger partial charge in [0, 0.05) is 25.2 Å². The number of carbonyl (C=O) groups excluding carboxylic acids is 2. The molecule has 2 heterocycles. The van der Waals surface area contributed by atoms with Crippen molar-refractivity contribution in [2.75, 3.05) is 24.5 Å². The number of carbonyl (C=O) groups is 2. The van der Waals surface area contributed by atoms with Crippen LogP contribution in [0.15, 0.2) is 78.9 Å². The topological polar surface area (TPSA) is 125 Å². The third-order valence-corrected chi connectivity index (χ3v) is 7.74. The van der Waals surface area contributed by atoms with Gasteiger partial charge in [-0.05, 0) is 60.1 Å². The second-order valence-corrected chi connectivity index (χ2v) is 10.8. The molecular formula is C34H36N4O5. The molecule has 3 aromatic carbocycles. The highest BCUT2D eigenvalue weighted by atomic mass is 16.5. The van der Waals surface area contributed by atoms with Crippen LogP contribution in [0.3, 0.4) is 0 Å². The Hall–Kier alpha value is -4.76. The Morgan fingerprint density at radius 3 is 2.21 bits per heavy atom. The summed E-state index contributed by atoms with van der Waals surface area (Å²) in [7, 11) is 0. The number of benzene rings is 3. The molecule has 0 bridgehead atoms. The van der Waals surface area contributed by atoms with Crippen molar-refractivity contribution in [2.24, 2.45) is 5.92 Å². The van der Waals surface area contributed by atoms with Crippen LogP contribution in [0.2, 0.25) is 0 Å². The van der Waals surface area contributed by atoms with Crippen LogP contribution >= 0.6 is 0 Å². The Balaban J connectivity index is 1.13. The molecule has 3 N–H and O–H groups in total. The van der Waals surface area contributed by atoms with Crippen molar-refractivity contribution in [3.8, 4) is 16.9 Å². The van der Waals surface area contributed by atoms with Crippen molar-refractivity contribution in [3.05, 3.63) is 107 Å². The Kier molecular flexibility index (Phi) is 9.63. The van der Waals surface area contributed by atoms with Gasteiger partial charge >= 0.3 is 5.97 Å². The second-order valence-electron chi connectivity index (χ2n) is 10.8. The number of piperidine rings is 1. The highest BCUT2D eigenvalue weighted by molar-refractivity contribution is 5.96. The molecule has 1 aliphatic rings. The molecule has 0 saturated carbocycles. The summed E-state index contributed by atoms with van der Waals surface area (Å²) in [6.07, 6.45) is 2.49. The van der Waals surface area contributed by atoms with Crippen molar-refractivity contribution < 1.29 is 24.5 Å². The van der Waals surface area contributed by atoms with Gasteiger partial charge in [-0.25, -0.2) is 9.97 Å². The van der Waals surface area contributed by atoms with Gasteiger partial charge in [-0.15, -0.1) is 0 Å². The van der Waals surface area contributed by atoms with Crippen LogP contribution in [-0.4, -0.2) is 51.7 Å². The molecule has 1 amide bonds. The van der Waals surface area contributed by atoms with Crippen molar-refractivity contribution in [1.82, 2.24) is 15.3 Å². The Labute approximate surface area is 251 Å². The van der Waals surface area contributed by atoms with Gasteiger partial charge in [0.2, 0.25) is 0 Å². The third-order valence-electron chi connectivity index (χ3n) is 7.74. The molecule has 0 unspecified atom stereocenters. The van der Waals surface area contributed by atoms with Gasteiger partial charge in [0.15, 0.2) is 11.4 Å². The molecule has 222 valence electrons. The molecule has 1 fully saturated rings. The lowest BCUT2D eigenvalue weighted by atomic mass is 9.92. The second kappa shape index (κ2) is 13.9. The van der Waals surface area contributed by atoms with Crippen molar-refractivity contribution in [2.45, 2.75) is 39.4 Å². The van der Waals surface area contributed by atoms with E-state index < -0.39 is 11.9 Å². The minimum absolute atomic E-state index is 0.0397. The van der Waals surface area contributed by atoms with Crippen LogP contribution in [0, 0.1) is 12.8 Å². The maximum absolute atomic E-state index is 12.8. The van der Waals surface area contributed by atoms with E-state index in [9.17, 15) is 19.8 Å². The van der Waals surface area contributed by atoms with Crippen molar-refractivity contribution in [1.29, 1.82) is 0 Å². The zero-order valence-corrected chi connectivity index (χ0v) is 24.2. The monoisotopic (exact) mass is 580 g/mol. The summed E-state index contributed by atoms with van der Waals surface area (Å²) in [5.41, 5.74) is 5.35. The lowest BCUT2D eigenvalue weighted by molar-refractivity contribution is -0.143. The highest BCUT2D eigenvalue weighted by Crippen LogP contribution is 2.29. The number of hydrogen-bond donors (Lipinski definition) is 3. The summed E-state index contributed by atoms with van der Waals surface area (Å²) in [6, 6.07) is 25.7. The van der Waals surface area contributed by atoms with Gasteiger partial charge in [0.1, 0.15) is 19.0 Å². The number of aliphatic hydroxyl groups excluding tert-OH is 1. The lowest BCUT2D eigenvalue weighted by Crippen LogP contribution is -2.34. The minimum atomic E-state index is -0.650. The van der Waals surface area contributed by atoms with E-state index in [1.54, 1.807) is 6.92 Å². The highest BCUT2D eigenvalue weighted by Gasteiger charge is 2.24. The maximum atomic E-state index is 12.8. The van der Waals surface area contributed by atoms with E-state index in [4.69, 9.17) is 4.74 Å². The number of hydrogen-bond acceptors (Lipinski definition) is 8. The summed E-state index contributed by atoms with van der Waals surface area (Å²) in [5, 5.41) is 22.2. The fourth-order valence-electron chi connectivity index (χ4n) is 5.22. The van der Waals surface area contributed by atoms with Crippen LogP contribution in [-0.2, 0) is 29.2 Å². The molecule has 9 heteroatoms. The van der Waals surface area contributed by atoms with Crippen LogP contribution in [0.1, 0.15) is 46.0 Å². The average molecular weight is 581 g/mol. The van der Waals surface area contributed by atoms with Crippen molar-refractivity contribution in [3.63, 3.8) is 0 Å². The number of ether oxygens (including phenoxy) is 1. The van der Waals surface area contributed by atoms with Gasteiger partial charge in [-0.3, -0.25) is 9.59 Å². The van der Waals surface area contributed by atoms with E-state index in [2.05, 4.69) is 44.5 Å². The number of nitrogens with one attached hydrogen (secondary N) is 1. The smallest absolute Gasteiger partial charge is 0.325 e. The first-order valence-corrected chi connectivity index (χ1v) is 14.5. The largest absolute Gasteiger partial charge is 0.504 e. The van der Waals surface area contributed by atoms with E-state index in [0.29, 0.717) is 23.9 Å². The van der Waals surface area contributed by atoms with E-state index in [0.717, 1.165) is 48.2 Å². The number of anilines is 1. The first-order chi connectivity index (χ1) is 20.9. The number of aliphatic hydroxyl groups is 1. The summed E-state index contributed by atoms with van der Waals surface area (Å²) < 4.78 is 5.21. The van der Waals surface area contributed by atoms with Gasteiger partial charge in [0.25, 0.3) is 5.91 Å². The molecule has 0 atom stereocenters. The number of amides is 1. The maximum Gasteiger partial charge on any atom is 0.325 e. The Morgan fingerprint density at radius 2 is 1.56 bits per heavy atom. The normalized spacial score (nSPS) is 13.5. The number of nitrogens with zero attached hydrogens (tertiary/aromatic N) is 3. The number of aromatic hydroxyl groups is 1. The molecule has 1 aromatic heterocycles. The Morgan fingerprint density at radius 1 is 0.907 bits per heavy atom. The van der Waals surface area contributed by atoms with Gasteiger partial charge in [-0.1, -0.05) is 66.7 Å². The minimum Gasteiger partial charge on any atom is -0.504 e. The number of aryl methyl sites for hydroxylation is 1. The molecule has 0 spiro atoms. The van der Waals surface area contributed by atoms with Crippen LogP contribution in [0.25, 0.3) is 11.1 Å². The SMILES string of the molecule is Cc1nc(CC2CCN(c3ccc(-c4ccc(CO)cc4)cc3)CC2)nc(C(=O)NCC(=O)OCc2ccccc2)c1O. The fraction of sp³-hybridized carbons (Fsp3) is 0.294. The van der Waals surface area contributed by atoms with E-state index in [-0.39, 0.29) is 31.2 Å². The summed E-state index contributed by atoms with van der Waals surface area (Å²) in [5.74, 6) is -0.679. The standard InChI is InChI=1S/C34H36N4O5/c1-23-33(41)32(34(42)35-20-31(40)43-22-26-5-3-2-4-6-26)37-30(36-23)19-24-15-17-38(18-16-24)29-13-11-28(12-14-29)27-9-7-25(21-39)8-10-27/h2-14,24,39,41H,15-22H2,1H3,(H,35,42). The number of aromatic nitrogens is 2. The molecule has 4 aromatic rings. The molecule has 0 aliphatic carbocycles. The van der Waals surface area contributed by atoms with Gasteiger partial charge in [0.05, 0.1) is 12.3 Å². The fourth-order valence-corrected chi connectivity index (χ4v) is 5.22. The number of esters is 1. The van der Waals surface area contributed by atoms with E-state index in [1.165, 1.54) is 5.69 Å². The number of rotatable bonds is 10.